The van der Waals surface area contributed by atoms with Crippen LogP contribution >= 0.6 is 0 Å². The van der Waals surface area contributed by atoms with Crippen LogP contribution in [0.15, 0.2) is 30.9 Å². The molecule has 7 nitrogen and oxygen atoms in total. The van der Waals surface area contributed by atoms with Crippen LogP contribution in [-0.2, 0) is 0 Å². The topological polar surface area (TPSA) is 89.2 Å². The Bertz CT molecular complexity index is 516. The fourth-order valence-corrected chi connectivity index (χ4v) is 1.28. The van der Waals surface area contributed by atoms with E-state index in [0.717, 1.165) is 0 Å². The van der Waals surface area contributed by atoms with Gasteiger partial charge in [-0.2, -0.15) is 4.98 Å². The molecule has 2 aromatic heterocycles. The Hall–Kier alpha value is -2.41. The van der Waals surface area contributed by atoms with Crippen LogP contribution in [0.5, 0.6) is 11.6 Å². The lowest BCUT2D eigenvalue weighted by Gasteiger charge is -2.15. The summed E-state index contributed by atoms with van der Waals surface area (Å²) >= 11 is 0. The summed E-state index contributed by atoms with van der Waals surface area (Å²) in [5, 5.41) is 1.73. The van der Waals surface area contributed by atoms with Gasteiger partial charge in [0, 0.05) is 20.3 Å². The lowest BCUT2D eigenvalue weighted by molar-refractivity contribution is 0.459. The second-order valence-electron chi connectivity index (χ2n) is 3.74. The smallest absolute Gasteiger partial charge is 0.248 e. The molecule has 0 aliphatic heterocycles. The molecule has 0 saturated carbocycles. The molecule has 0 aromatic carbocycles. The Morgan fingerprint density at radius 3 is 2.83 bits per heavy atom. The number of pyridine rings is 1. The van der Waals surface area contributed by atoms with E-state index in [0.29, 0.717) is 23.1 Å². The van der Waals surface area contributed by atoms with Crippen molar-refractivity contribution in [2.24, 2.45) is 0 Å². The highest BCUT2D eigenvalue weighted by molar-refractivity contribution is 5.66. The van der Waals surface area contributed by atoms with E-state index < -0.39 is 0 Å². The lowest BCUT2D eigenvalue weighted by Crippen LogP contribution is -2.21. The van der Waals surface area contributed by atoms with Gasteiger partial charge in [-0.1, -0.05) is 0 Å². The van der Waals surface area contributed by atoms with Gasteiger partial charge in [0.05, 0.1) is 6.20 Å². The number of rotatable bonds is 4. The number of anilines is 2. The first-order valence-electron chi connectivity index (χ1n) is 5.29. The normalized spacial score (nSPS) is 10.4. The molecule has 0 radical (unpaired) electrons. The molecular formula is C11H14N6O. The van der Waals surface area contributed by atoms with Crippen LogP contribution < -0.4 is 15.9 Å². The average Bonchev–Trinajstić information content (AvgIpc) is 2.35. The first kappa shape index (κ1) is 12.1. The van der Waals surface area contributed by atoms with Gasteiger partial charge in [-0.25, -0.2) is 9.99 Å². The highest BCUT2D eigenvalue weighted by Gasteiger charge is 2.10. The Labute approximate surface area is 105 Å². The first-order chi connectivity index (χ1) is 8.66. The Kier molecular flexibility index (Phi) is 3.54. The van der Waals surface area contributed by atoms with E-state index in [9.17, 15) is 0 Å². The molecule has 2 heterocycles. The zero-order valence-electron chi connectivity index (χ0n) is 10.2. The van der Waals surface area contributed by atoms with Crippen LogP contribution in [-0.4, -0.2) is 34.1 Å². The Balaban J connectivity index is 2.23. The quantitative estimate of drug-likeness (QED) is 0.782. The van der Waals surface area contributed by atoms with Gasteiger partial charge < -0.3 is 15.9 Å². The van der Waals surface area contributed by atoms with Crippen molar-refractivity contribution < 1.29 is 4.74 Å². The second kappa shape index (κ2) is 5.28. The largest absolute Gasteiger partial charge is 0.435 e. The van der Waals surface area contributed by atoms with Crippen molar-refractivity contribution in [1.29, 1.82) is 0 Å². The van der Waals surface area contributed by atoms with Gasteiger partial charge in [-0.15, -0.1) is 0 Å². The summed E-state index contributed by atoms with van der Waals surface area (Å²) in [6.07, 6.45) is 4.63. The maximum absolute atomic E-state index is 5.92. The minimum atomic E-state index is 0.294. The Morgan fingerprint density at radius 1 is 1.33 bits per heavy atom. The van der Waals surface area contributed by atoms with E-state index in [1.54, 1.807) is 29.5 Å². The summed E-state index contributed by atoms with van der Waals surface area (Å²) in [6.45, 7) is 0. The Morgan fingerprint density at radius 2 is 2.17 bits per heavy atom. The maximum atomic E-state index is 5.92. The van der Waals surface area contributed by atoms with Crippen LogP contribution in [0.1, 0.15) is 0 Å². The van der Waals surface area contributed by atoms with Crippen LogP contribution in [0.25, 0.3) is 0 Å². The minimum Gasteiger partial charge on any atom is -0.435 e. The van der Waals surface area contributed by atoms with Crippen molar-refractivity contribution in [3.05, 3.63) is 30.9 Å². The number of hydrazine groups is 1. The fourth-order valence-electron chi connectivity index (χ4n) is 1.28. The summed E-state index contributed by atoms with van der Waals surface area (Å²) in [4.78, 5) is 12.0. The summed E-state index contributed by atoms with van der Waals surface area (Å²) in [6, 6.07) is 3.54. The van der Waals surface area contributed by atoms with Crippen LogP contribution in [0.2, 0.25) is 0 Å². The average molecular weight is 246 g/mol. The molecule has 0 unspecified atom stereocenters. The number of nitrogen functional groups attached to an aromatic ring is 1. The SMILES string of the molecule is CN(C)Nc1ncnc(Oc2cccnc2)c1N. The van der Waals surface area contributed by atoms with Crippen molar-refractivity contribution >= 4 is 11.5 Å². The molecule has 3 N–H and O–H groups in total. The molecule has 0 aliphatic rings. The van der Waals surface area contributed by atoms with Gasteiger partial charge in [0.25, 0.3) is 0 Å². The number of ether oxygens (including phenoxy) is 1. The van der Waals surface area contributed by atoms with Gasteiger partial charge in [-0.3, -0.25) is 4.98 Å². The zero-order valence-corrected chi connectivity index (χ0v) is 10.2. The minimum absolute atomic E-state index is 0.294. The van der Waals surface area contributed by atoms with Gasteiger partial charge in [0.15, 0.2) is 5.82 Å². The second-order valence-corrected chi connectivity index (χ2v) is 3.74. The molecule has 0 spiro atoms. The molecule has 0 amide bonds. The summed E-state index contributed by atoms with van der Waals surface area (Å²) in [5.74, 6) is 1.36. The van der Waals surface area contributed by atoms with E-state index in [4.69, 9.17) is 10.5 Å². The molecule has 0 aliphatic carbocycles. The van der Waals surface area contributed by atoms with Crippen molar-refractivity contribution in [2.75, 3.05) is 25.3 Å². The third kappa shape index (κ3) is 2.83. The van der Waals surface area contributed by atoms with E-state index in [-0.39, 0.29) is 0 Å². The first-order valence-corrected chi connectivity index (χ1v) is 5.29. The number of aromatic nitrogens is 3. The molecule has 2 aromatic rings. The number of hydrogen-bond acceptors (Lipinski definition) is 7. The lowest BCUT2D eigenvalue weighted by atomic mass is 10.4. The molecule has 0 atom stereocenters. The van der Waals surface area contributed by atoms with Gasteiger partial charge in [0.1, 0.15) is 17.8 Å². The molecule has 7 heteroatoms. The van der Waals surface area contributed by atoms with Crippen molar-refractivity contribution in [1.82, 2.24) is 20.0 Å². The number of nitrogens with two attached hydrogens (primary N) is 1. The summed E-state index contributed by atoms with van der Waals surface area (Å²) < 4.78 is 5.53. The van der Waals surface area contributed by atoms with Gasteiger partial charge >= 0.3 is 0 Å². The summed E-state index contributed by atoms with van der Waals surface area (Å²) in [7, 11) is 3.67. The van der Waals surface area contributed by atoms with Crippen LogP contribution in [0.4, 0.5) is 11.5 Å². The monoisotopic (exact) mass is 246 g/mol. The number of nitrogens with one attached hydrogen (secondary N) is 1. The molecule has 0 bridgehead atoms. The molecular weight excluding hydrogens is 232 g/mol. The molecule has 2 rings (SSSR count). The standard InChI is InChI=1S/C11H14N6O/c1-17(2)16-10-9(12)11(15-7-14-10)18-8-4-3-5-13-6-8/h3-7H,12H2,1-2H3,(H,14,15,16). The van der Waals surface area contributed by atoms with E-state index in [1.165, 1.54) is 6.33 Å². The molecule has 94 valence electrons. The molecule has 0 saturated heterocycles. The fraction of sp³-hybridized carbons (Fsp3) is 0.182. The van der Waals surface area contributed by atoms with E-state index in [1.807, 2.05) is 14.1 Å². The predicted molar refractivity (Wildman–Crippen MR) is 68.1 cm³/mol. The summed E-state index contributed by atoms with van der Waals surface area (Å²) in [5.41, 5.74) is 9.22. The van der Waals surface area contributed by atoms with Crippen molar-refractivity contribution in [3.8, 4) is 11.6 Å². The van der Waals surface area contributed by atoms with Gasteiger partial charge in [-0.05, 0) is 12.1 Å². The molecule has 0 fully saturated rings. The van der Waals surface area contributed by atoms with Crippen molar-refractivity contribution in [3.63, 3.8) is 0 Å². The predicted octanol–water partition coefficient (Wildman–Crippen LogP) is 1.13. The highest BCUT2D eigenvalue weighted by Crippen LogP contribution is 2.28. The molecule has 18 heavy (non-hydrogen) atoms. The maximum Gasteiger partial charge on any atom is 0.248 e. The number of hydrogen-bond donors (Lipinski definition) is 2. The zero-order chi connectivity index (χ0) is 13.0. The third-order valence-electron chi connectivity index (χ3n) is 2.03. The van der Waals surface area contributed by atoms with E-state index >= 15 is 0 Å². The highest BCUT2D eigenvalue weighted by atomic mass is 16.5. The third-order valence-corrected chi connectivity index (χ3v) is 2.03. The van der Waals surface area contributed by atoms with Crippen molar-refractivity contribution in [2.45, 2.75) is 0 Å². The van der Waals surface area contributed by atoms with Gasteiger partial charge in [0.2, 0.25) is 5.88 Å². The van der Waals surface area contributed by atoms with Crippen LogP contribution in [0, 0.1) is 0 Å². The van der Waals surface area contributed by atoms with Crippen LogP contribution in [0.3, 0.4) is 0 Å². The van der Waals surface area contributed by atoms with E-state index in [2.05, 4.69) is 20.4 Å². The number of nitrogens with zero attached hydrogens (tertiary/aromatic N) is 4.